The van der Waals surface area contributed by atoms with Crippen LogP contribution in [0.4, 0.5) is 19.0 Å². The molecule has 1 aliphatic rings. The summed E-state index contributed by atoms with van der Waals surface area (Å²) in [4.78, 5) is 17.9. The fourth-order valence-corrected chi connectivity index (χ4v) is 3.13. The first kappa shape index (κ1) is 19.1. The molecule has 6 nitrogen and oxygen atoms in total. The van der Waals surface area contributed by atoms with E-state index in [1.807, 2.05) is 0 Å². The van der Waals surface area contributed by atoms with Crippen molar-refractivity contribution in [2.45, 2.75) is 31.2 Å². The summed E-state index contributed by atoms with van der Waals surface area (Å²) in [6.45, 7) is 1.65. The Bertz CT molecular complexity index is 799. The molecule has 1 amide bonds. The number of anilines is 1. The number of carbonyl (C=O) groups excluding carboxylic acids is 1. The van der Waals surface area contributed by atoms with Gasteiger partial charge in [0.1, 0.15) is 11.6 Å². The van der Waals surface area contributed by atoms with E-state index in [1.54, 1.807) is 11.8 Å². The van der Waals surface area contributed by atoms with Crippen molar-refractivity contribution in [3.05, 3.63) is 59.4 Å². The van der Waals surface area contributed by atoms with Gasteiger partial charge in [0, 0.05) is 31.6 Å². The number of rotatable bonds is 4. The van der Waals surface area contributed by atoms with Gasteiger partial charge >= 0.3 is 0 Å². The monoisotopic (exact) mass is 380 g/mol. The molecule has 2 aromatic heterocycles. The summed E-state index contributed by atoms with van der Waals surface area (Å²) in [5.41, 5.74) is 0.351. The number of likely N-dealkylation sites (tertiary alicyclic amines) is 1. The van der Waals surface area contributed by atoms with Crippen LogP contribution in [0.1, 0.15) is 24.8 Å². The number of aromatic nitrogens is 2. The standard InChI is InChI=1S/C18H19F3N4O2/c1-12(17(26)23-16-3-2-14(19)10-22-16)24-9-6-18(20,21)15(11-24)13-4-7-25(27)8-5-13/h2-5,7-8,10,12,15H,6,9,11H2,1H3,(H,22,23,26). The molecule has 27 heavy (non-hydrogen) atoms. The van der Waals surface area contributed by atoms with Crippen molar-refractivity contribution < 1.29 is 22.7 Å². The van der Waals surface area contributed by atoms with Crippen LogP contribution in [0.2, 0.25) is 0 Å². The highest BCUT2D eigenvalue weighted by Crippen LogP contribution is 2.40. The summed E-state index contributed by atoms with van der Waals surface area (Å²) in [6, 6.07) is 4.57. The molecular formula is C18H19F3N4O2. The van der Waals surface area contributed by atoms with E-state index >= 15 is 0 Å². The molecule has 0 spiro atoms. The number of amides is 1. The molecule has 1 aliphatic heterocycles. The molecule has 0 saturated carbocycles. The molecular weight excluding hydrogens is 361 g/mol. The minimum atomic E-state index is -2.93. The van der Waals surface area contributed by atoms with Crippen molar-refractivity contribution in [3.63, 3.8) is 0 Å². The minimum Gasteiger partial charge on any atom is -0.619 e. The molecule has 144 valence electrons. The summed E-state index contributed by atoms with van der Waals surface area (Å²) < 4.78 is 42.3. The third-order valence-corrected chi connectivity index (χ3v) is 4.80. The molecule has 1 N–H and O–H groups in total. The van der Waals surface area contributed by atoms with Gasteiger partial charge in [0.2, 0.25) is 5.91 Å². The molecule has 2 atom stereocenters. The van der Waals surface area contributed by atoms with Gasteiger partial charge in [0.15, 0.2) is 12.4 Å². The Kier molecular flexibility index (Phi) is 5.31. The molecule has 1 saturated heterocycles. The van der Waals surface area contributed by atoms with Gasteiger partial charge in [-0.25, -0.2) is 18.2 Å². The Morgan fingerprint density at radius 3 is 2.70 bits per heavy atom. The van der Waals surface area contributed by atoms with Crippen molar-refractivity contribution in [3.8, 4) is 0 Å². The predicted octanol–water partition coefficient (Wildman–Crippen LogP) is 2.31. The lowest BCUT2D eigenvalue weighted by atomic mass is 9.87. The minimum absolute atomic E-state index is 0.0265. The first-order chi connectivity index (χ1) is 12.8. The molecule has 3 rings (SSSR count). The molecule has 0 radical (unpaired) electrons. The number of piperidine rings is 1. The highest BCUT2D eigenvalue weighted by Gasteiger charge is 2.46. The zero-order valence-electron chi connectivity index (χ0n) is 14.6. The average Bonchev–Trinajstić information content (AvgIpc) is 2.64. The molecule has 2 unspecified atom stereocenters. The fourth-order valence-electron chi connectivity index (χ4n) is 3.13. The first-order valence-electron chi connectivity index (χ1n) is 8.49. The Morgan fingerprint density at radius 2 is 2.07 bits per heavy atom. The second kappa shape index (κ2) is 7.51. The van der Waals surface area contributed by atoms with Gasteiger partial charge in [-0.2, -0.15) is 4.73 Å². The van der Waals surface area contributed by atoms with E-state index in [0.717, 1.165) is 6.20 Å². The Labute approximate surface area is 154 Å². The van der Waals surface area contributed by atoms with Gasteiger partial charge in [0.25, 0.3) is 5.92 Å². The maximum absolute atomic E-state index is 14.4. The van der Waals surface area contributed by atoms with Gasteiger partial charge in [-0.3, -0.25) is 9.69 Å². The lowest BCUT2D eigenvalue weighted by Crippen LogP contribution is -2.52. The molecule has 0 bridgehead atoms. The number of alkyl halides is 2. The van der Waals surface area contributed by atoms with Crippen molar-refractivity contribution in [1.82, 2.24) is 9.88 Å². The summed E-state index contributed by atoms with van der Waals surface area (Å²) in [5, 5.41) is 13.7. The normalized spacial score (nSPS) is 20.8. The summed E-state index contributed by atoms with van der Waals surface area (Å²) in [5.74, 6) is -4.80. The van der Waals surface area contributed by atoms with Crippen molar-refractivity contribution in [2.75, 3.05) is 18.4 Å². The van der Waals surface area contributed by atoms with Crippen LogP contribution < -0.4 is 10.0 Å². The topological polar surface area (TPSA) is 72.2 Å². The van der Waals surface area contributed by atoms with Crippen LogP contribution >= 0.6 is 0 Å². The second-order valence-electron chi connectivity index (χ2n) is 6.58. The molecule has 2 aromatic rings. The number of hydrogen-bond donors (Lipinski definition) is 1. The maximum atomic E-state index is 14.4. The zero-order valence-corrected chi connectivity index (χ0v) is 14.6. The largest absolute Gasteiger partial charge is 0.619 e. The number of nitrogens with one attached hydrogen (secondary N) is 1. The van der Waals surface area contributed by atoms with Gasteiger partial charge in [-0.05, 0) is 24.6 Å². The van der Waals surface area contributed by atoms with Gasteiger partial charge in [-0.1, -0.05) is 0 Å². The van der Waals surface area contributed by atoms with Gasteiger partial charge in [-0.15, -0.1) is 0 Å². The maximum Gasteiger partial charge on any atom is 0.257 e. The highest BCUT2D eigenvalue weighted by atomic mass is 19.3. The number of nitrogens with zero attached hydrogens (tertiary/aromatic N) is 3. The van der Waals surface area contributed by atoms with Crippen LogP contribution in [0.3, 0.4) is 0 Å². The lowest BCUT2D eigenvalue weighted by molar-refractivity contribution is -0.605. The highest BCUT2D eigenvalue weighted by molar-refractivity contribution is 5.93. The molecule has 3 heterocycles. The average molecular weight is 380 g/mol. The van der Waals surface area contributed by atoms with E-state index in [1.165, 1.54) is 36.7 Å². The van der Waals surface area contributed by atoms with Crippen molar-refractivity contribution in [1.29, 1.82) is 0 Å². The Morgan fingerprint density at radius 1 is 1.37 bits per heavy atom. The van der Waals surface area contributed by atoms with E-state index < -0.39 is 36.0 Å². The quantitative estimate of drug-likeness (QED) is 0.653. The smallest absolute Gasteiger partial charge is 0.257 e. The van der Waals surface area contributed by atoms with E-state index in [4.69, 9.17) is 0 Å². The van der Waals surface area contributed by atoms with Gasteiger partial charge < -0.3 is 10.5 Å². The van der Waals surface area contributed by atoms with E-state index in [9.17, 15) is 23.2 Å². The van der Waals surface area contributed by atoms with E-state index in [-0.39, 0.29) is 18.9 Å². The Balaban J connectivity index is 1.71. The third kappa shape index (κ3) is 4.36. The molecule has 9 heteroatoms. The number of hydrogen-bond acceptors (Lipinski definition) is 4. The molecule has 1 fully saturated rings. The number of carbonyl (C=O) groups is 1. The summed E-state index contributed by atoms with van der Waals surface area (Å²) in [7, 11) is 0. The predicted molar refractivity (Wildman–Crippen MR) is 91.6 cm³/mol. The van der Waals surface area contributed by atoms with Crippen LogP contribution in [-0.2, 0) is 4.79 Å². The SMILES string of the molecule is CC(C(=O)Nc1ccc(F)cn1)N1CCC(F)(F)C(c2cc[n+]([O-])cc2)C1. The third-order valence-electron chi connectivity index (χ3n) is 4.80. The van der Waals surface area contributed by atoms with Crippen LogP contribution in [0.25, 0.3) is 0 Å². The summed E-state index contributed by atoms with van der Waals surface area (Å²) in [6.07, 6.45) is 2.95. The zero-order chi connectivity index (χ0) is 19.6. The number of pyridine rings is 2. The van der Waals surface area contributed by atoms with Crippen LogP contribution in [0.15, 0.2) is 42.9 Å². The molecule has 0 aromatic carbocycles. The fraction of sp³-hybridized carbons (Fsp3) is 0.389. The van der Waals surface area contributed by atoms with Crippen molar-refractivity contribution >= 4 is 11.7 Å². The van der Waals surface area contributed by atoms with Crippen LogP contribution in [-0.4, -0.2) is 40.8 Å². The Hall–Kier alpha value is -2.68. The van der Waals surface area contributed by atoms with Crippen molar-refractivity contribution in [2.24, 2.45) is 0 Å². The molecule has 0 aliphatic carbocycles. The van der Waals surface area contributed by atoms with Crippen LogP contribution in [0, 0.1) is 11.0 Å². The number of halogens is 3. The lowest BCUT2D eigenvalue weighted by Gasteiger charge is -2.40. The van der Waals surface area contributed by atoms with Gasteiger partial charge in [0.05, 0.1) is 18.2 Å². The second-order valence-corrected chi connectivity index (χ2v) is 6.58. The van der Waals surface area contributed by atoms with Crippen LogP contribution in [0.5, 0.6) is 0 Å². The first-order valence-corrected chi connectivity index (χ1v) is 8.49. The van der Waals surface area contributed by atoms with E-state index in [2.05, 4.69) is 10.3 Å². The summed E-state index contributed by atoms with van der Waals surface area (Å²) >= 11 is 0. The van der Waals surface area contributed by atoms with E-state index in [0.29, 0.717) is 10.3 Å².